The van der Waals surface area contributed by atoms with Gasteiger partial charge in [0.1, 0.15) is 11.9 Å². The van der Waals surface area contributed by atoms with Gasteiger partial charge in [0.15, 0.2) is 5.82 Å². The van der Waals surface area contributed by atoms with Gasteiger partial charge in [0.25, 0.3) is 6.47 Å². The number of piperidine rings is 1. The molecule has 7 nitrogen and oxygen atoms in total. The first-order chi connectivity index (χ1) is 14.9. The summed E-state index contributed by atoms with van der Waals surface area (Å²) in [5.74, 6) is 1.16. The molecule has 3 aromatic rings. The summed E-state index contributed by atoms with van der Waals surface area (Å²) in [5, 5.41) is 13.1. The molecule has 1 saturated heterocycles. The van der Waals surface area contributed by atoms with Crippen LogP contribution in [0, 0.1) is 6.92 Å². The van der Waals surface area contributed by atoms with Gasteiger partial charge in [-0.15, -0.1) is 21.5 Å². The summed E-state index contributed by atoms with van der Waals surface area (Å²) < 4.78 is 21.4. The number of carbonyl (C=O) groups excluding carboxylic acids is 1. The average molecular weight is 442 g/mol. The Morgan fingerprint density at radius 1 is 1.32 bits per heavy atom. The second kappa shape index (κ2) is 7.49. The van der Waals surface area contributed by atoms with Crippen molar-refractivity contribution in [1.82, 2.24) is 20.5 Å². The molecule has 2 aliphatic rings. The van der Waals surface area contributed by atoms with E-state index in [1.165, 1.54) is 0 Å². The first-order valence-corrected chi connectivity index (χ1v) is 11.2. The molecule has 1 N–H and O–H groups in total. The fourth-order valence-corrected chi connectivity index (χ4v) is 5.50. The van der Waals surface area contributed by atoms with Crippen molar-refractivity contribution in [3.8, 4) is 17.0 Å². The zero-order chi connectivity index (χ0) is 21.8. The zero-order valence-corrected chi connectivity index (χ0v) is 18.5. The molecule has 31 heavy (non-hydrogen) atoms. The predicted molar refractivity (Wildman–Crippen MR) is 119 cm³/mol. The lowest BCUT2D eigenvalue weighted by molar-refractivity contribution is -0.120. The molecule has 1 fully saturated rings. The van der Waals surface area contributed by atoms with E-state index in [2.05, 4.69) is 25.4 Å². The van der Waals surface area contributed by atoms with Crippen LogP contribution < -0.4 is 15.0 Å². The van der Waals surface area contributed by atoms with Gasteiger partial charge in [0.05, 0.1) is 27.0 Å². The van der Waals surface area contributed by atoms with Crippen LogP contribution in [0.4, 0.5) is 10.2 Å². The van der Waals surface area contributed by atoms with Crippen LogP contribution in [0.25, 0.3) is 21.5 Å². The average Bonchev–Trinajstić information content (AvgIpc) is 3.31. The lowest BCUT2D eigenvalue weighted by Gasteiger charge is -2.44. The quantitative estimate of drug-likeness (QED) is 0.621. The van der Waals surface area contributed by atoms with Crippen molar-refractivity contribution in [1.29, 1.82) is 0 Å². The number of halogens is 1. The van der Waals surface area contributed by atoms with E-state index in [4.69, 9.17) is 4.74 Å². The molecule has 0 radical (unpaired) electrons. The molecule has 2 aliphatic heterocycles. The molecule has 0 aliphatic carbocycles. The Kier molecular flexibility index (Phi) is 4.90. The van der Waals surface area contributed by atoms with Gasteiger partial charge in [0, 0.05) is 29.3 Å². The molecule has 9 heteroatoms. The third-order valence-corrected chi connectivity index (χ3v) is 7.17. The number of hydrogen-bond donors (Lipinski definition) is 1. The van der Waals surface area contributed by atoms with E-state index in [0.717, 1.165) is 52.5 Å². The van der Waals surface area contributed by atoms with Crippen LogP contribution in [-0.2, 0) is 11.2 Å². The maximum absolute atomic E-state index is 15.2. The van der Waals surface area contributed by atoms with Crippen LogP contribution in [0.1, 0.15) is 30.8 Å². The van der Waals surface area contributed by atoms with Gasteiger partial charge >= 0.3 is 0 Å². The van der Waals surface area contributed by atoms with Gasteiger partial charge < -0.3 is 15.0 Å². The SMILES string of the molecule is Cc1nc2cc(OC=O)c(-c3cc4c(nn3)N([C@H]3CCNC(C)(C)[C@H]3F)CC4)cc2s1. The summed E-state index contributed by atoms with van der Waals surface area (Å²) in [6.07, 6.45) is 0.505. The number of hydrogen-bond acceptors (Lipinski definition) is 8. The number of thiazole rings is 1. The fourth-order valence-electron chi connectivity index (χ4n) is 4.65. The highest BCUT2D eigenvalue weighted by Crippen LogP contribution is 2.39. The third-order valence-electron chi connectivity index (χ3n) is 6.24. The molecule has 0 spiro atoms. The Morgan fingerprint density at radius 3 is 2.97 bits per heavy atom. The Balaban J connectivity index is 1.52. The Hall–Kier alpha value is -2.65. The summed E-state index contributed by atoms with van der Waals surface area (Å²) in [5.41, 5.74) is 2.58. The number of anilines is 1. The van der Waals surface area contributed by atoms with E-state index in [9.17, 15) is 4.79 Å². The fraction of sp³-hybridized carbons (Fsp3) is 0.455. The van der Waals surface area contributed by atoms with Crippen LogP contribution in [0.2, 0.25) is 0 Å². The normalized spacial score (nSPS) is 22.5. The lowest BCUT2D eigenvalue weighted by Crippen LogP contribution is -2.62. The molecule has 2 atom stereocenters. The molecule has 4 heterocycles. The van der Waals surface area contributed by atoms with Gasteiger partial charge in [-0.1, -0.05) is 0 Å². The molecule has 2 aromatic heterocycles. The van der Waals surface area contributed by atoms with E-state index >= 15 is 4.39 Å². The topological polar surface area (TPSA) is 80.2 Å². The minimum Gasteiger partial charge on any atom is -0.428 e. The summed E-state index contributed by atoms with van der Waals surface area (Å²) in [6.45, 7) is 7.65. The smallest absolute Gasteiger partial charge is 0.298 e. The number of nitrogens with one attached hydrogen (secondary N) is 1. The number of carbonyl (C=O) groups is 1. The molecular formula is C22H24FN5O2S. The monoisotopic (exact) mass is 441 g/mol. The minimum atomic E-state index is -1.00. The number of nitrogens with zero attached hydrogens (tertiary/aromatic N) is 4. The van der Waals surface area contributed by atoms with Gasteiger partial charge in [-0.2, -0.15) is 0 Å². The van der Waals surface area contributed by atoms with Crippen LogP contribution >= 0.6 is 11.3 Å². The number of aromatic nitrogens is 3. The highest BCUT2D eigenvalue weighted by molar-refractivity contribution is 7.18. The number of rotatable bonds is 4. The van der Waals surface area contributed by atoms with Crippen molar-refractivity contribution in [2.45, 2.75) is 51.4 Å². The van der Waals surface area contributed by atoms with E-state index in [1.54, 1.807) is 17.4 Å². The highest BCUT2D eigenvalue weighted by Gasteiger charge is 2.44. The van der Waals surface area contributed by atoms with Gasteiger partial charge in [-0.25, -0.2) is 9.37 Å². The van der Waals surface area contributed by atoms with Crippen LogP contribution in [0.3, 0.4) is 0 Å². The van der Waals surface area contributed by atoms with E-state index in [1.807, 2.05) is 32.9 Å². The van der Waals surface area contributed by atoms with E-state index in [-0.39, 0.29) is 6.04 Å². The third kappa shape index (κ3) is 3.45. The molecule has 162 valence electrons. The minimum absolute atomic E-state index is 0.219. The van der Waals surface area contributed by atoms with E-state index in [0.29, 0.717) is 23.5 Å². The van der Waals surface area contributed by atoms with Crippen molar-refractivity contribution in [3.63, 3.8) is 0 Å². The first kappa shape index (κ1) is 20.3. The number of fused-ring (bicyclic) bond motifs is 2. The lowest BCUT2D eigenvalue weighted by atomic mass is 9.86. The maximum atomic E-state index is 15.2. The standard InChI is InChI=1S/C22H24FN5O2S/c1-12-25-16-10-18(30-11-29)14(9-19(16)31-12)15-8-13-5-7-28(21(13)27-26-15)17-4-6-24-22(2,3)20(17)23/h8-11,17,20,24H,4-7H2,1-3H3/t17-,20-/m0/s1. The summed E-state index contributed by atoms with van der Waals surface area (Å²) in [7, 11) is 0. The Bertz CT molecular complexity index is 1160. The number of benzene rings is 1. The molecule has 0 unspecified atom stereocenters. The Morgan fingerprint density at radius 2 is 2.16 bits per heavy atom. The zero-order valence-electron chi connectivity index (χ0n) is 17.7. The van der Waals surface area contributed by atoms with Crippen LogP contribution in [0.5, 0.6) is 5.75 Å². The van der Waals surface area contributed by atoms with Gasteiger partial charge in [0.2, 0.25) is 0 Å². The summed E-state index contributed by atoms with van der Waals surface area (Å²) in [6, 6.07) is 5.46. The van der Waals surface area contributed by atoms with E-state index < -0.39 is 11.7 Å². The molecule has 0 saturated carbocycles. The number of aryl methyl sites for hydroxylation is 1. The number of ether oxygens (including phenoxy) is 1. The summed E-state index contributed by atoms with van der Waals surface area (Å²) in [4.78, 5) is 17.6. The van der Waals surface area contributed by atoms with Crippen molar-refractivity contribution < 1.29 is 13.9 Å². The maximum Gasteiger partial charge on any atom is 0.298 e. The molecular weight excluding hydrogens is 417 g/mol. The van der Waals surface area contributed by atoms with Crippen molar-refractivity contribution in [3.05, 3.63) is 28.8 Å². The largest absolute Gasteiger partial charge is 0.428 e. The second-order valence-corrected chi connectivity index (χ2v) is 9.93. The van der Waals surface area contributed by atoms with Crippen molar-refractivity contribution in [2.75, 3.05) is 18.0 Å². The van der Waals surface area contributed by atoms with Crippen LogP contribution in [-0.4, -0.2) is 52.5 Å². The molecule has 0 bridgehead atoms. The van der Waals surface area contributed by atoms with Gasteiger partial charge in [-0.05, 0) is 52.3 Å². The van der Waals surface area contributed by atoms with Gasteiger partial charge in [-0.3, -0.25) is 4.79 Å². The number of alkyl halides is 1. The van der Waals surface area contributed by atoms with Crippen molar-refractivity contribution in [2.24, 2.45) is 0 Å². The van der Waals surface area contributed by atoms with Crippen LogP contribution in [0.15, 0.2) is 18.2 Å². The summed E-state index contributed by atoms with van der Waals surface area (Å²) >= 11 is 1.57. The molecule has 1 aromatic carbocycles. The highest BCUT2D eigenvalue weighted by atomic mass is 32.1. The predicted octanol–water partition coefficient (Wildman–Crippen LogP) is 3.44. The molecule has 5 rings (SSSR count). The second-order valence-electron chi connectivity index (χ2n) is 8.69. The van der Waals surface area contributed by atoms with Crippen molar-refractivity contribution >= 4 is 33.8 Å². The Labute approximate surface area is 183 Å². The molecule has 0 amide bonds. The first-order valence-electron chi connectivity index (χ1n) is 10.4.